The molecule has 0 atom stereocenters. The summed E-state index contributed by atoms with van der Waals surface area (Å²) in [7, 11) is 0. The summed E-state index contributed by atoms with van der Waals surface area (Å²) in [5, 5.41) is 10.1. The molecule has 8 rings (SSSR count). The van der Waals surface area contributed by atoms with E-state index in [2.05, 4.69) is 171 Å². The van der Waals surface area contributed by atoms with E-state index in [1.54, 1.807) is 0 Å². The van der Waals surface area contributed by atoms with Crippen molar-refractivity contribution >= 4 is 68.3 Å². The van der Waals surface area contributed by atoms with Crippen molar-refractivity contribution in [3.05, 3.63) is 157 Å². The van der Waals surface area contributed by atoms with Crippen molar-refractivity contribution in [3.63, 3.8) is 0 Å². The van der Waals surface area contributed by atoms with Crippen LogP contribution < -0.4 is 0 Å². The standard InChI is InChI=1S/C42H30S2/c43-25-27-11-9-13-29(23-27)39-31-15-1-5-19-35(31)41(36-20-6-2-16-32(36)39)42-37-21-7-3-17-33(37)40(34-18-4-8-22-38(34)42)30-14-10-12-28(24-30)26-44/h1-24,43-44H,25-26H2. The molecule has 0 aliphatic carbocycles. The third-order valence-electron chi connectivity index (χ3n) is 8.91. The molecule has 0 radical (unpaired) electrons. The van der Waals surface area contributed by atoms with Crippen molar-refractivity contribution in [1.29, 1.82) is 0 Å². The van der Waals surface area contributed by atoms with E-state index in [9.17, 15) is 0 Å². The van der Waals surface area contributed by atoms with E-state index in [0.29, 0.717) is 11.5 Å². The molecule has 0 bridgehead atoms. The highest BCUT2D eigenvalue weighted by molar-refractivity contribution is 7.79. The minimum absolute atomic E-state index is 0.711. The number of fused-ring (bicyclic) bond motifs is 4. The Hall–Kier alpha value is -4.50. The Morgan fingerprint density at radius 2 is 0.568 bits per heavy atom. The third kappa shape index (κ3) is 4.32. The zero-order chi connectivity index (χ0) is 29.6. The second kappa shape index (κ2) is 11.2. The van der Waals surface area contributed by atoms with Crippen LogP contribution in [0.25, 0.3) is 76.5 Å². The van der Waals surface area contributed by atoms with Gasteiger partial charge in [-0.15, -0.1) is 0 Å². The van der Waals surface area contributed by atoms with E-state index >= 15 is 0 Å². The fourth-order valence-electron chi connectivity index (χ4n) is 7.07. The summed E-state index contributed by atoms with van der Waals surface area (Å²) >= 11 is 9.18. The van der Waals surface area contributed by atoms with Crippen molar-refractivity contribution in [1.82, 2.24) is 0 Å². The van der Waals surface area contributed by atoms with E-state index in [1.807, 2.05) is 0 Å². The zero-order valence-electron chi connectivity index (χ0n) is 24.2. The van der Waals surface area contributed by atoms with E-state index in [0.717, 1.165) is 0 Å². The summed E-state index contributed by atoms with van der Waals surface area (Å²) in [4.78, 5) is 0. The predicted octanol–water partition coefficient (Wildman–Crippen LogP) is 12.2. The monoisotopic (exact) mass is 598 g/mol. The molecule has 0 aromatic heterocycles. The Morgan fingerprint density at radius 1 is 0.295 bits per heavy atom. The summed E-state index contributed by atoms with van der Waals surface area (Å²) in [5.74, 6) is 1.42. The first-order chi connectivity index (χ1) is 21.8. The molecular weight excluding hydrogens is 569 g/mol. The molecule has 0 aliphatic heterocycles. The summed E-state index contributed by atoms with van der Waals surface area (Å²) in [6, 6.07) is 53.4. The molecule has 0 spiro atoms. The quantitative estimate of drug-likeness (QED) is 0.143. The maximum atomic E-state index is 4.59. The molecule has 8 aromatic carbocycles. The average Bonchev–Trinajstić information content (AvgIpc) is 3.09. The Kier molecular flexibility index (Phi) is 6.90. The van der Waals surface area contributed by atoms with Gasteiger partial charge in [0.25, 0.3) is 0 Å². The van der Waals surface area contributed by atoms with E-state index in [4.69, 9.17) is 0 Å². The fourth-order valence-corrected chi connectivity index (χ4v) is 7.46. The number of hydrogen-bond acceptors (Lipinski definition) is 2. The summed E-state index contributed by atoms with van der Waals surface area (Å²) in [5.41, 5.74) is 10.0. The van der Waals surface area contributed by atoms with Gasteiger partial charge >= 0.3 is 0 Å². The third-order valence-corrected chi connectivity index (χ3v) is 9.64. The second-order valence-corrected chi connectivity index (χ2v) is 12.0. The summed E-state index contributed by atoms with van der Waals surface area (Å²) in [6.07, 6.45) is 0. The molecule has 0 saturated heterocycles. The van der Waals surface area contributed by atoms with Crippen LogP contribution in [0.15, 0.2) is 146 Å². The van der Waals surface area contributed by atoms with Gasteiger partial charge in [0.1, 0.15) is 0 Å². The Bertz CT molecular complexity index is 2080. The van der Waals surface area contributed by atoms with Gasteiger partial charge in [0.05, 0.1) is 0 Å². The molecule has 0 nitrogen and oxygen atoms in total. The average molecular weight is 599 g/mol. The van der Waals surface area contributed by atoms with Crippen molar-refractivity contribution in [3.8, 4) is 33.4 Å². The van der Waals surface area contributed by atoms with Crippen LogP contribution in [-0.4, -0.2) is 0 Å². The largest absolute Gasteiger partial charge is 0.175 e. The summed E-state index contributed by atoms with van der Waals surface area (Å²) < 4.78 is 0. The molecule has 0 aliphatic rings. The lowest BCUT2D eigenvalue weighted by Gasteiger charge is -2.22. The minimum atomic E-state index is 0.711. The highest BCUT2D eigenvalue weighted by Crippen LogP contribution is 2.50. The number of thiol groups is 2. The summed E-state index contributed by atoms with van der Waals surface area (Å²) in [6.45, 7) is 0. The van der Waals surface area contributed by atoms with Crippen molar-refractivity contribution in [2.45, 2.75) is 11.5 Å². The maximum Gasteiger partial charge on any atom is 0.0154 e. The van der Waals surface area contributed by atoms with E-state index in [-0.39, 0.29) is 0 Å². The first kappa shape index (κ1) is 27.1. The normalized spacial score (nSPS) is 11.6. The Balaban J connectivity index is 1.57. The minimum Gasteiger partial charge on any atom is -0.175 e. The Morgan fingerprint density at radius 3 is 0.841 bits per heavy atom. The van der Waals surface area contributed by atoms with Crippen LogP contribution >= 0.6 is 25.3 Å². The van der Waals surface area contributed by atoms with Crippen LogP contribution in [0.5, 0.6) is 0 Å². The van der Waals surface area contributed by atoms with Gasteiger partial charge in [0.2, 0.25) is 0 Å². The zero-order valence-corrected chi connectivity index (χ0v) is 26.0. The van der Waals surface area contributed by atoms with Crippen LogP contribution in [0.2, 0.25) is 0 Å². The van der Waals surface area contributed by atoms with Gasteiger partial charge < -0.3 is 0 Å². The topological polar surface area (TPSA) is 0 Å². The number of hydrogen-bond donors (Lipinski definition) is 2. The van der Waals surface area contributed by atoms with Crippen molar-refractivity contribution in [2.24, 2.45) is 0 Å². The molecule has 44 heavy (non-hydrogen) atoms. The molecule has 210 valence electrons. The van der Waals surface area contributed by atoms with Gasteiger partial charge in [-0.2, -0.15) is 25.3 Å². The first-order valence-corrected chi connectivity index (χ1v) is 16.3. The van der Waals surface area contributed by atoms with Gasteiger partial charge in [-0.3, -0.25) is 0 Å². The molecule has 0 heterocycles. The SMILES string of the molecule is SCc1cccc(-c2c3ccccc3c(-c3c4ccccc4c(-c4cccc(CS)c4)c4ccccc34)c3ccccc23)c1. The van der Waals surface area contributed by atoms with Crippen LogP contribution in [-0.2, 0) is 11.5 Å². The van der Waals surface area contributed by atoms with Gasteiger partial charge in [-0.25, -0.2) is 0 Å². The second-order valence-electron chi connectivity index (χ2n) is 11.4. The number of benzene rings is 8. The lowest BCUT2D eigenvalue weighted by Crippen LogP contribution is -1.95. The fraction of sp³-hybridized carbons (Fsp3) is 0.0476. The highest BCUT2D eigenvalue weighted by Gasteiger charge is 2.22. The molecule has 8 aromatic rings. The van der Waals surface area contributed by atoms with Crippen molar-refractivity contribution in [2.75, 3.05) is 0 Å². The van der Waals surface area contributed by atoms with Gasteiger partial charge in [0.15, 0.2) is 0 Å². The first-order valence-electron chi connectivity index (χ1n) is 15.0. The molecule has 0 fully saturated rings. The highest BCUT2D eigenvalue weighted by atomic mass is 32.1. The van der Waals surface area contributed by atoms with Gasteiger partial charge in [0, 0.05) is 11.5 Å². The van der Waals surface area contributed by atoms with Gasteiger partial charge in [-0.1, -0.05) is 146 Å². The lowest BCUT2D eigenvalue weighted by atomic mass is 9.81. The van der Waals surface area contributed by atoms with Crippen molar-refractivity contribution < 1.29 is 0 Å². The molecule has 0 saturated carbocycles. The Labute approximate surface area is 268 Å². The molecule has 0 unspecified atom stereocenters. The van der Waals surface area contributed by atoms with E-state index < -0.39 is 0 Å². The van der Waals surface area contributed by atoms with E-state index in [1.165, 1.54) is 87.6 Å². The predicted molar refractivity (Wildman–Crippen MR) is 198 cm³/mol. The van der Waals surface area contributed by atoms with Crippen LogP contribution in [0.4, 0.5) is 0 Å². The van der Waals surface area contributed by atoms with Crippen LogP contribution in [0.1, 0.15) is 11.1 Å². The smallest absolute Gasteiger partial charge is 0.0154 e. The maximum absolute atomic E-state index is 4.59. The van der Waals surface area contributed by atoms with Crippen LogP contribution in [0.3, 0.4) is 0 Å². The van der Waals surface area contributed by atoms with Gasteiger partial charge in [-0.05, 0) is 87.6 Å². The molecule has 0 N–H and O–H groups in total. The number of rotatable bonds is 5. The molecular formula is C42H30S2. The molecule has 2 heteroatoms. The van der Waals surface area contributed by atoms with Crippen LogP contribution in [0, 0.1) is 0 Å². The molecule has 0 amide bonds. The lowest BCUT2D eigenvalue weighted by molar-refractivity contribution is 1.43.